The normalized spacial score (nSPS) is 13.3. The van der Waals surface area contributed by atoms with Crippen LogP contribution in [0.2, 0.25) is 0 Å². The third-order valence-corrected chi connectivity index (χ3v) is 7.49. The van der Waals surface area contributed by atoms with E-state index < -0.39 is 17.8 Å². The molecule has 1 fully saturated rings. The van der Waals surface area contributed by atoms with Gasteiger partial charge >= 0.3 is 18.2 Å². The van der Waals surface area contributed by atoms with Crippen LogP contribution in [0.1, 0.15) is 18.4 Å². The summed E-state index contributed by atoms with van der Waals surface area (Å²) in [7, 11) is 0. The fourth-order valence-corrected chi connectivity index (χ4v) is 5.31. The average Bonchev–Trinajstić information content (AvgIpc) is 3.77. The quantitative estimate of drug-likeness (QED) is 0.190. The van der Waals surface area contributed by atoms with Crippen LogP contribution in [0, 0.1) is 0 Å². The Kier molecular flexibility index (Phi) is 7.46. The third-order valence-electron chi connectivity index (χ3n) is 6.42. The minimum Gasteiger partial charge on any atom is -0.424 e. The number of H-pyrrole nitrogens is 1. The number of nitrogens with one attached hydrogen (secondary N) is 3. The Hall–Kier alpha value is -5.31. The zero-order valence-electron chi connectivity index (χ0n) is 22.1. The van der Waals surface area contributed by atoms with Crippen molar-refractivity contribution in [2.75, 3.05) is 22.1 Å². The largest absolute Gasteiger partial charge is 0.424 e. The highest BCUT2D eigenvalue weighted by molar-refractivity contribution is 7.19. The summed E-state index contributed by atoms with van der Waals surface area (Å²) in [5, 5.41) is 12.1. The van der Waals surface area contributed by atoms with Crippen molar-refractivity contribution in [3.8, 4) is 33.5 Å². The number of amides is 3. The summed E-state index contributed by atoms with van der Waals surface area (Å²) in [6.45, 7) is 0.681. The van der Waals surface area contributed by atoms with E-state index in [9.17, 15) is 22.8 Å². The molecule has 0 bridgehead atoms. The summed E-state index contributed by atoms with van der Waals surface area (Å²) in [4.78, 5) is 39.8. The Morgan fingerprint density at radius 3 is 2.47 bits per heavy atom. The van der Waals surface area contributed by atoms with Gasteiger partial charge in [0, 0.05) is 30.9 Å². The molecule has 1 aliphatic heterocycles. The van der Waals surface area contributed by atoms with Gasteiger partial charge in [0.15, 0.2) is 5.13 Å². The predicted octanol–water partition coefficient (Wildman–Crippen LogP) is 6.57. The first-order chi connectivity index (χ1) is 20.7. The van der Waals surface area contributed by atoms with Crippen LogP contribution in [-0.2, 0) is 11.0 Å². The smallest absolute Gasteiger partial charge is 0.416 e. The number of aromatic amines is 1. The van der Waals surface area contributed by atoms with E-state index in [1.165, 1.54) is 36.0 Å². The van der Waals surface area contributed by atoms with E-state index >= 15 is 0 Å². The van der Waals surface area contributed by atoms with Crippen LogP contribution in [0.3, 0.4) is 0 Å². The van der Waals surface area contributed by atoms with Gasteiger partial charge in [-0.25, -0.2) is 19.7 Å². The zero-order chi connectivity index (χ0) is 30.0. The van der Waals surface area contributed by atoms with Crippen molar-refractivity contribution in [2.24, 2.45) is 0 Å². The van der Waals surface area contributed by atoms with E-state index in [2.05, 4.69) is 35.8 Å². The number of aromatic nitrogens is 5. The minimum absolute atomic E-state index is 0.0192. The molecule has 0 aliphatic carbocycles. The molecule has 3 aromatic heterocycles. The molecule has 2 aromatic carbocycles. The van der Waals surface area contributed by atoms with E-state index in [1.54, 1.807) is 29.3 Å². The molecule has 15 heteroatoms. The zero-order valence-corrected chi connectivity index (χ0v) is 22.9. The van der Waals surface area contributed by atoms with Gasteiger partial charge in [0.1, 0.15) is 5.75 Å². The van der Waals surface area contributed by atoms with Crippen LogP contribution in [-0.4, -0.2) is 43.6 Å². The number of thiazole rings is 1. The number of carbonyl (C=O) groups excluding carboxylic acids is 2. The molecule has 218 valence electrons. The molecule has 0 spiro atoms. The Morgan fingerprint density at radius 1 is 1.00 bits per heavy atom. The highest BCUT2D eigenvalue weighted by Gasteiger charge is 2.31. The lowest BCUT2D eigenvalue weighted by Crippen LogP contribution is -2.23. The lowest BCUT2D eigenvalue weighted by molar-refractivity contribution is -0.137. The lowest BCUT2D eigenvalue weighted by Gasteiger charge is -2.14. The van der Waals surface area contributed by atoms with Gasteiger partial charge in [0.25, 0.3) is 0 Å². The minimum atomic E-state index is -4.59. The van der Waals surface area contributed by atoms with Crippen LogP contribution in [0.25, 0.3) is 21.7 Å². The summed E-state index contributed by atoms with van der Waals surface area (Å²) < 4.78 is 45.6. The van der Waals surface area contributed by atoms with E-state index in [0.29, 0.717) is 35.1 Å². The molecule has 0 atom stereocenters. The monoisotopic (exact) mass is 606 g/mol. The molecule has 1 saturated heterocycles. The number of hydrogen-bond donors (Lipinski definition) is 3. The first-order valence-electron chi connectivity index (χ1n) is 12.9. The molecule has 0 unspecified atom stereocenters. The molecule has 4 heterocycles. The summed E-state index contributed by atoms with van der Waals surface area (Å²) in [5.74, 6) is 0.555. The molecule has 1 aliphatic rings. The summed E-state index contributed by atoms with van der Waals surface area (Å²) in [5.41, 5.74) is 0.860. The van der Waals surface area contributed by atoms with Gasteiger partial charge in [-0.05, 0) is 54.4 Å². The Bertz CT molecular complexity index is 1760. The van der Waals surface area contributed by atoms with Gasteiger partial charge in [0.05, 0.1) is 39.9 Å². The molecule has 43 heavy (non-hydrogen) atoms. The van der Waals surface area contributed by atoms with Gasteiger partial charge < -0.3 is 15.4 Å². The maximum absolute atomic E-state index is 13.3. The van der Waals surface area contributed by atoms with E-state index in [4.69, 9.17) is 4.74 Å². The molecule has 5 aromatic rings. The Balaban J connectivity index is 1.08. The lowest BCUT2D eigenvalue weighted by atomic mass is 10.1. The van der Waals surface area contributed by atoms with Gasteiger partial charge in [-0.15, -0.1) is 0 Å². The number of carbonyl (C=O) groups is 2. The standard InChI is InChI=1S/C28H21F3N8O3S/c29-28(30,31)17-5-8-20(21-9-10-35-38-21)22(12-17)37-25(41)36-18-13-32-26(33-14-18)42-19-6-3-16(4-7-19)23-15-34-27(43-23)39-11-1-2-24(39)40/h3-10,12-15H,1-2,11H2,(H,35,38)(H2,36,37,41). The maximum Gasteiger partial charge on any atom is 0.416 e. The van der Waals surface area contributed by atoms with Crippen LogP contribution < -0.4 is 20.3 Å². The number of ether oxygens (including phenoxy) is 1. The molecular weight excluding hydrogens is 585 g/mol. The molecule has 3 N–H and O–H groups in total. The third kappa shape index (κ3) is 6.30. The van der Waals surface area contributed by atoms with E-state index in [-0.39, 0.29) is 23.3 Å². The molecule has 6 rings (SSSR count). The average molecular weight is 607 g/mol. The second-order valence-corrected chi connectivity index (χ2v) is 10.4. The van der Waals surface area contributed by atoms with Crippen molar-refractivity contribution in [3.05, 3.63) is 78.9 Å². The van der Waals surface area contributed by atoms with Crippen molar-refractivity contribution in [1.29, 1.82) is 0 Å². The molecule has 0 saturated carbocycles. The van der Waals surface area contributed by atoms with Crippen LogP contribution in [0.4, 0.5) is 34.5 Å². The van der Waals surface area contributed by atoms with Gasteiger partial charge in [-0.3, -0.25) is 14.8 Å². The fourth-order valence-electron chi connectivity index (χ4n) is 4.35. The number of benzene rings is 2. The van der Waals surface area contributed by atoms with Crippen molar-refractivity contribution < 1.29 is 27.5 Å². The second kappa shape index (κ2) is 11.5. The van der Waals surface area contributed by atoms with E-state index in [0.717, 1.165) is 29.0 Å². The summed E-state index contributed by atoms with van der Waals surface area (Å²) >= 11 is 1.44. The number of urea groups is 1. The summed E-state index contributed by atoms with van der Waals surface area (Å²) in [6.07, 6.45) is 2.57. The Labute approximate surface area is 245 Å². The topological polar surface area (TPSA) is 138 Å². The van der Waals surface area contributed by atoms with Crippen LogP contribution in [0.15, 0.2) is 73.3 Å². The first-order valence-corrected chi connectivity index (χ1v) is 13.7. The van der Waals surface area contributed by atoms with Gasteiger partial charge in [0.2, 0.25) is 5.91 Å². The Morgan fingerprint density at radius 2 is 1.79 bits per heavy atom. The number of nitrogens with zero attached hydrogens (tertiary/aromatic N) is 5. The van der Waals surface area contributed by atoms with Gasteiger partial charge in [-0.1, -0.05) is 17.4 Å². The maximum atomic E-state index is 13.3. The first kappa shape index (κ1) is 27.8. The van der Waals surface area contributed by atoms with Gasteiger partial charge in [-0.2, -0.15) is 18.3 Å². The molecule has 11 nitrogen and oxygen atoms in total. The van der Waals surface area contributed by atoms with Crippen molar-refractivity contribution in [1.82, 2.24) is 25.1 Å². The van der Waals surface area contributed by atoms with Crippen LogP contribution >= 0.6 is 11.3 Å². The second-order valence-electron chi connectivity index (χ2n) is 9.34. The van der Waals surface area contributed by atoms with Crippen molar-refractivity contribution in [3.63, 3.8) is 0 Å². The van der Waals surface area contributed by atoms with E-state index in [1.807, 2.05) is 12.1 Å². The molecular formula is C28H21F3N8O3S. The number of hydrogen-bond acceptors (Lipinski definition) is 8. The fraction of sp³-hybridized carbons (Fsp3) is 0.143. The highest BCUT2D eigenvalue weighted by atomic mass is 32.1. The number of rotatable bonds is 7. The van der Waals surface area contributed by atoms with Crippen LogP contribution in [0.5, 0.6) is 11.8 Å². The number of anilines is 3. The SMILES string of the molecule is O=C(Nc1cnc(Oc2ccc(-c3cnc(N4CCCC4=O)s3)cc2)nc1)Nc1cc(C(F)(F)F)ccc1-c1ccn[nH]1. The van der Waals surface area contributed by atoms with Crippen molar-refractivity contribution in [2.45, 2.75) is 19.0 Å². The number of halogens is 3. The number of alkyl halides is 3. The molecule has 3 amide bonds. The predicted molar refractivity (Wildman–Crippen MR) is 153 cm³/mol. The summed E-state index contributed by atoms with van der Waals surface area (Å²) in [6, 6.07) is 11.0. The highest BCUT2D eigenvalue weighted by Crippen LogP contribution is 2.36. The molecule has 0 radical (unpaired) electrons. The van der Waals surface area contributed by atoms with Crippen molar-refractivity contribution >= 4 is 39.8 Å².